The maximum atomic E-state index is 16.6. The van der Waals surface area contributed by atoms with E-state index in [1.807, 2.05) is 24.3 Å². The summed E-state index contributed by atoms with van der Waals surface area (Å²) in [5.41, 5.74) is 6.03. The van der Waals surface area contributed by atoms with Crippen LogP contribution < -0.4 is 15.8 Å². The third-order valence-corrected chi connectivity index (χ3v) is 10.6. The van der Waals surface area contributed by atoms with Crippen LogP contribution in [0.2, 0.25) is 0 Å². The highest BCUT2D eigenvalue weighted by Crippen LogP contribution is 2.40. The minimum Gasteiger partial charge on any atom is -0.490 e. The highest BCUT2D eigenvalue weighted by molar-refractivity contribution is 9.10. The number of benzene rings is 4. The van der Waals surface area contributed by atoms with Crippen molar-refractivity contribution < 1.29 is 28.2 Å². The van der Waals surface area contributed by atoms with Crippen molar-refractivity contribution in [2.45, 2.75) is 93.7 Å². The molecule has 0 spiro atoms. The Morgan fingerprint density at radius 2 is 1.49 bits per heavy atom. The number of nitrogens with one attached hydrogen (secondary N) is 1. The van der Waals surface area contributed by atoms with Crippen molar-refractivity contribution in [3.63, 3.8) is 0 Å². The van der Waals surface area contributed by atoms with Crippen molar-refractivity contribution in [1.82, 2.24) is 10.2 Å². The van der Waals surface area contributed by atoms with E-state index in [4.69, 9.17) is 10.5 Å². The van der Waals surface area contributed by atoms with Crippen LogP contribution in [0.3, 0.4) is 0 Å². The number of nitrogens with two attached hydrogens (primary N) is 1. The van der Waals surface area contributed by atoms with Crippen LogP contribution in [0.15, 0.2) is 77.3 Å². The summed E-state index contributed by atoms with van der Waals surface area (Å²) >= 11 is 3.41. The summed E-state index contributed by atoms with van der Waals surface area (Å²) in [6, 6.07) is 17.3. The molecule has 3 aliphatic rings. The smallest absolute Gasteiger partial charge is 0.302 e. The number of amides is 2. The first-order chi connectivity index (χ1) is 22.6. The Kier molecular flexibility index (Phi) is 8.70. The van der Waals surface area contributed by atoms with Gasteiger partial charge in [-0.3, -0.25) is 9.59 Å². The second-order valence-electron chi connectivity index (χ2n) is 13.3. The summed E-state index contributed by atoms with van der Waals surface area (Å²) < 4.78 is 40.1. The third-order valence-electron chi connectivity index (χ3n) is 10.1. The molecule has 1 aliphatic carbocycles. The van der Waals surface area contributed by atoms with E-state index in [9.17, 15) is 14.7 Å². The number of aliphatic hydroxyl groups excluding tert-OH is 1. The number of rotatable bonds is 8. The van der Waals surface area contributed by atoms with Crippen molar-refractivity contribution in [1.29, 1.82) is 0 Å². The Morgan fingerprint density at radius 1 is 0.872 bits per heavy atom. The van der Waals surface area contributed by atoms with Crippen molar-refractivity contribution in [2.75, 3.05) is 0 Å². The zero-order chi connectivity index (χ0) is 32.9. The average molecular weight is 707 g/mol. The van der Waals surface area contributed by atoms with E-state index in [0.717, 1.165) is 52.1 Å². The fourth-order valence-corrected chi connectivity index (χ4v) is 8.06. The lowest BCUT2D eigenvalue weighted by Gasteiger charge is -2.41. The zero-order valence-corrected chi connectivity index (χ0v) is 27.5. The molecule has 2 amide bonds. The normalized spacial score (nSPS) is 22.8. The van der Waals surface area contributed by atoms with Crippen molar-refractivity contribution in [2.24, 2.45) is 5.73 Å². The van der Waals surface area contributed by atoms with Crippen LogP contribution in [-0.4, -0.2) is 52.1 Å². The van der Waals surface area contributed by atoms with Gasteiger partial charge >= 0.3 is 5.92 Å². The number of aliphatic hydroxyl groups is 1. The summed E-state index contributed by atoms with van der Waals surface area (Å²) in [6.07, 6.45) is 5.21. The molecule has 2 heterocycles. The van der Waals surface area contributed by atoms with Gasteiger partial charge in [-0.25, -0.2) is 0 Å². The summed E-state index contributed by atoms with van der Waals surface area (Å²) in [6.45, 7) is 0. The standard InChI is InChI=1S/C37H38BrF2N3O4/c38-27-11-8-22-16-26(10-7-23(22)17-27)37(39,40)34(36(46)43-29-12-13-30(43)20-28(41)19-29)42-35(45)33(44)25-6-5-24-18-32(14-9-21(24)15-25)47-31-3-1-2-4-31/h5-11,14-18,28-31,33-34,44H,1-4,12-13,19-20,41H2,(H,42,45)/t28?,29?,30?,33?,34-/m0/s1. The number of fused-ring (bicyclic) bond motifs is 4. The number of ether oxygens (including phenoxy) is 1. The molecule has 10 heteroatoms. The minimum atomic E-state index is -3.79. The first-order valence-electron chi connectivity index (χ1n) is 16.4. The second kappa shape index (κ2) is 12.8. The highest BCUT2D eigenvalue weighted by Gasteiger charge is 2.53. The van der Waals surface area contributed by atoms with Gasteiger partial charge in [0.15, 0.2) is 12.1 Å². The van der Waals surface area contributed by atoms with E-state index in [1.54, 1.807) is 36.4 Å². The number of piperidine rings is 1. The van der Waals surface area contributed by atoms with Crippen LogP contribution in [0, 0.1) is 0 Å². The van der Waals surface area contributed by atoms with Gasteiger partial charge in [-0.1, -0.05) is 52.3 Å². The lowest BCUT2D eigenvalue weighted by molar-refractivity contribution is -0.155. The van der Waals surface area contributed by atoms with E-state index in [-0.39, 0.29) is 29.8 Å². The number of alkyl halides is 2. The highest BCUT2D eigenvalue weighted by atomic mass is 79.9. The van der Waals surface area contributed by atoms with E-state index in [0.29, 0.717) is 31.1 Å². The maximum absolute atomic E-state index is 16.6. The zero-order valence-electron chi connectivity index (χ0n) is 25.9. The van der Waals surface area contributed by atoms with Gasteiger partial charge < -0.3 is 25.8 Å². The number of halogens is 3. The Balaban J connectivity index is 1.17. The summed E-state index contributed by atoms with van der Waals surface area (Å²) in [5.74, 6) is -4.97. The molecular weight excluding hydrogens is 668 g/mol. The van der Waals surface area contributed by atoms with Crippen LogP contribution >= 0.6 is 15.9 Å². The SMILES string of the molecule is NC1CC2CCC(C1)N2C(=O)[C@H](NC(=O)C(O)c1ccc2cc(OC3CCCC3)ccc2c1)C(F)(F)c1ccc2cc(Br)ccc2c1. The lowest BCUT2D eigenvalue weighted by Crippen LogP contribution is -2.61. The molecule has 2 bridgehead atoms. The molecule has 47 heavy (non-hydrogen) atoms. The summed E-state index contributed by atoms with van der Waals surface area (Å²) in [5, 5.41) is 16.4. The van der Waals surface area contributed by atoms with Crippen molar-refractivity contribution in [3.05, 3.63) is 88.4 Å². The van der Waals surface area contributed by atoms with Crippen molar-refractivity contribution in [3.8, 4) is 5.75 Å². The first kappa shape index (κ1) is 32.0. The van der Waals surface area contributed by atoms with Gasteiger partial charge in [0, 0.05) is 28.2 Å². The molecule has 0 radical (unpaired) electrons. The Bertz CT molecular complexity index is 1820. The lowest BCUT2D eigenvalue weighted by atomic mass is 9.93. The topological polar surface area (TPSA) is 105 Å². The molecule has 1 saturated carbocycles. The Hall–Kier alpha value is -3.60. The molecule has 7 nitrogen and oxygen atoms in total. The fraction of sp³-hybridized carbons (Fsp3) is 0.405. The average Bonchev–Trinajstić information content (AvgIpc) is 3.67. The van der Waals surface area contributed by atoms with Gasteiger partial charge in [0.1, 0.15) is 5.75 Å². The van der Waals surface area contributed by atoms with E-state index >= 15 is 8.78 Å². The molecule has 2 aliphatic heterocycles. The van der Waals surface area contributed by atoms with Crippen LogP contribution in [0.5, 0.6) is 5.75 Å². The van der Waals surface area contributed by atoms with Gasteiger partial charge in [0.25, 0.3) is 11.8 Å². The van der Waals surface area contributed by atoms with Crippen LogP contribution in [-0.2, 0) is 15.5 Å². The van der Waals surface area contributed by atoms with Gasteiger partial charge in [-0.15, -0.1) is 0 Å². The number of carbonyl (C=O) groups excluding carboxylic acids is 2. The van der Waals surface area contributed by atoms with Gasteiger partial charge in [0.05, 0.1) is 6.10 Å². The number of carbonyl (C=O) groups is 2. The Labute approximate surface area is 280 Å². The van der Waals surface area contributed by atoms with Gasteiger partial charge in [-0.2, -0.15) is 8.78 Å². The quantitative estimate of drug-likeness (QED) is 0.186. The van der Waals surface area contributed by atoms with E-state index < -0.39 is 35.4 Å². The van der Waals surface area contributed by atoms with E-state index in [1.165, 1.54) is 17.0 Å². The maximum Gasteiger partial charge on any atom is 0.302 e. The predicted octanol–water partition coefficient (Wildman–Crippen LogP) is 6.87. The molecule has 7 rings (SSSR count). The largest absolute Gasteiger partial charge is 0.490 e. The number of hydrogen-bond donors (Lipinski definition) is 3. The van der Waals surface area contributed by atoms with E-state index in [2.05, 4.69) is 21.2 Å². The third kappa shape index (κ3) is 6.35. The van der Waals surface area contributed by atoms with Crippen LogP contribution in [0.1, 0.15) is 68.6 Å². The van der Waals surface area contributed by atoms with Gasteiger partial charge in [-0.05, 0) is 115 Å². The van der Waals surface area contributed by atoms with Crippen LogP contribution in [0.25, 0.3) is 21.5 Å². The first-order valence-corrected chi connectivity index (χ1v) is 17.2. The number of hydrogen-bond acceptors (Lipinski definition) is 5. The van der Waals surface area contributed by atoms with Crippen LogP contribution in [0.4, 0.5) is 8.78 Å². The molecule has 4 atom stereocenters. The molecule has 4 aromatic carbocycles. The molecule has 4 N–H and O–H groups in total. The number of nitrogens with zero attached hydrogens (tertiary/aromatic N) is 1. The van der Waals surface area contributed by atoms with Gasteiger partial charge in [0.2, 0.25) is 0 Å². The molecule has 0 aromatic heterocycles. The minimum absolute atomic E-state index is 0.106. The molecule has 3 fully saturated rings. The summed E-state index contributed by atoms with van der Waals surface area (Å²) in [7, 11) is 0. The molecule has 2 saturated heterocycles. The Morgan fingerprint density at radius 3 is 2.23 bits per heavy atom. The molecule has 246 valence electrons. The fourth-order valence-electron chi connectivity index (χ4n) is 7.68. The predicted molar refractivity (Wildman–Crippen MR) is 180 cm³/mol. The second-order valence-corrected chi connectivity index (χ2v) is 14.2. The molecule has 4 aromatic rings. The summed E-state index contributed by atoms with van der Waals surface area (Å²) in [4.78, 5) is 29.2. The monoisotopic (exact) mass is 705 g/mol. The molecule has 3 unspecified atom stereocenters. The van der Waals surface area contributed by atoms with Crippen molar-refractivity contribution >= 4 is 49.3 Å². The molecular formula is C37H38BrF2N3O4.